The summed E-state index contributed by atoms with van der Waals surface area (Å²) in [6.07, 6.45) is 4.88. The summed E-state index contributed by atoms with van der Waals surface area (Å²) in [7, 11) is 0. The maximum absolute atomic E-state index is 12.7. The minimum Gasteiger partial charge on any atom is -0.339 e. The van der Waals surface area contributed by atoms with Crippen molar-refractivity contribution in [2.75, 3.05) is 26.2 Å². The number of fused-ring (bicyclic) bond motifs is 1. The molecule has 2 amide bonds. The first-order valence-corrected chi connectivity index (χ1v) is 9.75. The van der Waals surface area contributed by atoms with Crippen molar-refractivity contribution in [3.8, 4) is 0 Å². The number of carbonyl (C=O) groups is 2. The van der Waals surface area contributed by atoms with Gasteiger partial charge in [0.2, 0.25) is 11.8 Å². The Morgan fingerprint density at radius 3 is 2.23 bits per heavy atom. The molecule has 1 heterocycles. The molecule has 2 aliphatic rings. The summed E-state index contributed by atoms with van der Waals surface area (Å²) in [5.41, 5.74) is 1.05. The van der Waals surface area contributed by atoms with Gasteiger partial charge in [0.25, 0.3) is 0 Å². The summed E-state index contributed by atoms with van der Waals surface area (Å²) in [6, 6.07) is 14.4. The third-order valence-corrected chi connectivity index (χ3v) is 5.82. The van der Waals surface area contributed by atoms with Crippen LogP contribution in [0.25, 0.3) is 10.8 Å². The molecule has 1 aliphatic carbocycles. The Kier molecular flexibility index (Phi) is 4.91. The van der Waals surface area contributed by atoms with Crippen molar-refractivity contribution in [1.82, 2.24) is 9.80 Å². The Balaban J connectivity index is 1.33. The smallest absolute Gasteiger partial charge is 0.227 e. The molecule has 0 bridgehead atoms. The maximum atomic E-state index is 12.7. The molecule has 1 aliphatic heterocycles. The zero-order chi connectivity index (χ0) is 17.9. The standard InChI is InChI=1S/C22H26N2O2/c25-21(16-17-9-10-18-5-1-4-8-20(18)15-17)23-11-13-24(14-12-23)22(26)19-6-2-3-7-19/h1,4-5,8-10,15,19H,2-3,6-7,11-14,16H2. The van der Waals surface area contributed by atoms with Crippen molar-refractivity contribution in [3.05, 3.63) is 48.0 Å². The highest BCUT2D eigenvalue weighted by Crippen LogP contribution is 2.27. The molecule has 2 fully saturated rings. The molecule has 4 rings (SSSR count). The van der Waals surface area contributed by atoms with Crippen LogP contribution in [0.15, 0.2) is 42.5 Å². The van der Waals surface area contributed by atoms with Crippen LogP contribution < -0.4 is 0 Å². The maximum Gasteiger partial charge on any atom is 0.227 e. The number of hydrogen-bond acceptors (Lipinski definition) is 2. The van der Waals surface area contributed by atoms with Crippen LogP contribution in [0.3, 0.4) is 0 Å². The van der Waals surface area contributed by atoms with Gasteiger partial charge >= 0.3 is 0 Å². The lowest BCUT2D eigenvalue weighted by atomic mass is 10.0. The quantitative estimate of drug-likeness (QED) is 0.853. The first-order valence-electron chi connectivity index (χ1n) is 9.75. The van der Waals surface area contributed by atoms with E-state index in [1.165, 1.54) is 23.6 Å². The molecule has 136 valence electrons. The monoisotopic (exact) mass is 350 g/mol. The third-order valence-electron chi connectivity index (χ3n) is 5.82. The molecule has 2 aromatic carbocycles. The van der Waals surface area contributed by atoms with Gasteiger partial charge in [0.05, 0.1) is 6.42 Å². The highest BCUT2D eigenvalue weighted by molar-refractivity contribution is 5.85. The fourth-order valence-corrected chi connectivity index (χ4v) is 4.24. The Morgan fingerprint density at radius 2 is 1.50 bits per heavy atom. The first-order chi connectivity index (χ1) is 12.7. The largest absolute Gasteiger partial charge is 0.339 e. The lowest BCUT2D eigenvalue weighted by Gasteiger charge is -2.36. The van der Waals surface area contributed by atoms with Gasteiger partial charge in [-0.05, 0) is 29.2 Å². The number of rotatable bonds is 3. The molecule has 0 radical (unpaired) electrons. The van der Waals surface area contributed by atoms with Crippen LogP contribution in [0.4, 0.5) is 0 Å². The minimum atomic E-state index is 0.160. The van der Waals surface area contributed by atoms with E-state index >= 15 is 0 Å². The van der Waals surface area contributed by atoms with Crippen molar-refractivity contribution in [1.29, 1.82) is 0 Å². The lowest BCUT2D eigenvalue weighted by Crippen LogP contribution is -2.52. The van der Waals surface area contributed by atoms with Crippen molar-refractivity contribution < 1.29 is 9.59 Å². The van der Waals surface area contributed by atoms with Crippen LogP contribution >= 0.6 is 0 Å². The highest BCUT2D eigenvalue weighted by Gasteiger charge is 2.30. The number of hydrogen-bond donors (Lipinski definition) is 0. The van der Waals surface area contributed by atoms with E-state index in [-0.39, 0.29) is 11.8 Å². The first kappa shape index (κ1) is 17.1. The second-order valence-corrected chi connectivity index (χ2v) is 7.55. The van der Waals surface area contributed by atoms with Gasteiger partial charge in [-0.25, -0.2) is 0 Å². The fraction of sp³-hybridized carbons (Fsp3) is 0.455. The molecule has 1 saturated heterocycles. The van der Waals surface area contributed by atoms with E-state index in [0.717, 1.165) is 18.4 Å². The predicted octanol–water partition coefficient (Wildman–Crippen LogP) is 3.24. The Hall–Kier alpha value is -2.36. The second kappa shape index (κ2) is 7.48. The van der Waals surface area contributed by atoms with Crippen molar-refractivity contribution in [2.24, 2.45) is 5.92 Å². The number of carbonyl (C=O) groups excluding carboxylic acids is 2. The zero-order valence-corrected chi connectivity index (χ0v) is 15.2. The van der Waals surface area contributed by atoms with E-state index in [9.17, 15) is 9.59 Å². The van der Waals surface area contributed by atoms with E-state index in [4.69, 9.17) is 0 Å². The molecule has 4 heteroatoms. The fourth-order valence-electron chi connectivity index (χ4n) is 4.24. The Bertz CT molecular complexity index is 803. The third kappa shape index (κ3) is 3.59. The summed E-state index contributed by atoms with van der Waals surface area (Å²) < 4.78 is 0. The topological polar surface area (TPSA) is 40.6 Å². The molecule has 2 aromatic rings. The molecule has 0 aromatic heterocycles. The lowest BCUT2D eigenvalue weighted by molar-refractivity contribution is -0.141. The zero-order valence-electron chi connectivity index (χ0n) is 15.2. The van der Waals surface area contributed by atoms with Crippen LogP contribution in [-0.4, -0.2) is 47.8 Å². The van der Waals surface area contributed by atoms with Crippen molar-refractivity contribution >= 4 is 22.6 Å². The van der Waals surface area contributed by atoms with Gasteiger partial charge in [-0.1, -0.05) is 55.3 Å². The average molecular weight is 350 g/mol. The summed E-state index contributed by atoms with van der Waals surface area (Å²) >= 11 is 0. The van der Waals surface area contributed by atoms with E-state index in [2.05, 4.69) is 24.3 Å². The van der Waals surface area contributed by atoms with Gasteiger partial charge in [-0.3, -0.25) is 9.59 Å². The van der Waals surface area contributed by atoms with Gasteiger partial charge in [0.15, 0.2) is 0 Å². The Labute approximate surface area is 154 Å². The molecule has 0 spiro atoms. The summed E-state index contributed by atoms with van der Waals surface area (Å²) in [5, 5.41) is 2.37. The van der Waals surface area contributed by atoms with Crippen LogP contribution in [0.2, 0.25) is 0 Å². The van der Waals surface area contributed by atoms with Gasteiger partial charge in [0, 0.05) is 32.1 Å². The number of nitrogens with zero attached hydrogens (tertiary/aromatic N) is 2. The van der Waals surface area contributed by atoms with Gasteiger partial charge in [-0.2, -0.15) is 0 Å². The van der Waals surface area contributed by atoms with E-state index in [1.807, 2.05) is 28.0 Å². The predicted molar refractivity (Wildman–Crippen MR) is 103 cm³/mol. The SMILES string of the molecule is O=C(Cc1ccc2ccccc2c1)N1CCN(C(=O)C2CCCC2)CC1. The molecule has 1 saturated carbocycles. The summed E-state index contributed by atoms with van der Waals surface area (Å²) in [6.45, 7) is 2.67. The Morgan fingerprint density at radius 1 is 0.846 bits per heavy atom. The van der Waals surface area contributed by atoms with Gasteiger partial charge in [-0.15, -0.1) is 0 Å². The van der Waals surface area contributed by atoms with Gasteiger partial charge < -0.3 is 9.80 Å². The van der Waals surface area contributed by atoms with E-state index in [1.54, 1.807) is 0 Å². The average Bonchev–Trinajstić information content (AvgIpc) is 3.22. The molecular weight excluding hydrogens is 324 g/mol. The molecule has 0 N–H and O–H groups in total. The van der Waals surface area contributed by atoms with Crippen LogP contribution in [0.5, 0.6) is 0 Å². The van der Waals surface area contributed by atoms with Crippen LogP contribution in [0.1, 0.15) is 31.2 Å². The highest BCUT2D eigenvalue weighted by atomic mass is 16.2. The molecule has 0 atom stereocenters. The van der Waals surface area contributed by atoms with Crippen LogP contribution in [0, 0.1) is 5.92 Å². The summed E-state index contributed by atoms with van der Waals surface area (Å²) in [5.74, 6) is 0.701. The number of benzene rings is 2. The van der Waals surface area contributed by atoms with Crippen molar-refractivity contribution in [2.45, 2.75) is 32.1 Å². The number of piperazine rings is 1. The molecule has 4 nitrogen and oxygen atoms in total. The van der Waals surface area contributed by atoms with E-state index < -0.39 is 0 Å². The molecular formula is C22H26N2O2. The van der Waals surface area contributed by atoms with E-state index in [0.29, 0.717) is 38.5 Å². The minimum absolute atomic E-state index is 0.160. The van der Waals surface area contributed by atoms with Crippen LogP contribution in [-0.2, 0) is 16.0 Å². The normalized spacial score (nSPS) is 18.5. The van der Waals surface area contributed by atoms with Gasteiger partial charge in [0.1, 0.15) is 0 Å². The summed E-state index contributed by atoms with van der Waals surface area (Å²) in [4.78, 5) is 29.1. The molecule has 0 unspecified atom stereocenters. The second-order valence-electron chi connectivity index (χ2n) is 7.55. The number of amides is 2. The molecule has 26 heavy (non-hydrogen) atoms. The van der Waals surface area contributed by atoms with Crippen molar-refractivity contribution in [3.63, 3.8) is 0 Å².